The first-order valence-corrected chi connectivity index (χ1v) is 8.24. The van der Waals surface area contributed by atoms with Crippen LogP contribution in [0.25, 0.3) is 0 Å². The topological polar surface area (TPSA) is 74.8 Å². The first-order chi connectivity index (χ1) is 7.99. The number of thioether (sulfide) groups is 1. The van der Waals surface area contributed by atoms with E-state index in [0.29, 0.717) is 6.54 Å². The van der Waals surface area contributed by atoms with Gasteiger partial charge in [-0.3, -0.25) is 5.10 Å². The largest absolute Gasteiger partial charge is 0.284 e. The molecule has 0 fully saturated rings. The molecular formula is C10H19N3O2S2. The van der Waals surface area contributed by atoms with Crippen LogP contribution in [0.4, 0.5) is 0 Å². The maximum Gasteiger partial charge on any atom is 0.243 e. The van der Waals surface area contributed by atoms with Gasteiger partial charge in [0.15, 0.2) is 0 Å². The Morgan fingerprint density at radius 2 is 2.12 bits per heavy atom. The molecule has 7 heteroatoms. The van der Waals surface area contributed by atoms with Crippen LogP contribution in [0.15, 0.2) is 17.3 Å². The van der Waals surface area contributed by atoms with Crippen molar-refractivity contribution in [2.45, 2.75) is 36.3 Å². The minimum atomic E-state index is -3.44. The predicted molar refractivity (Wildman–Crippen MR) is 70.6 cm³/mol. The van der Waals surface area contributed by atoms with E-state index >= 15 is 0 Å². The highest BCUT2D eigenvalue weighted by Gasteiger charge is 2.27. The van der Waals surface area contributed by atoms with Crippen LogP contribution in [0.1, 0.15) is 26.7 Å². The highest BCUT2D eigenvalue weighted by molar-refractivity contribution is 8.00. The Hall–Kier alpha value is -0.530. The molecule has 98 valence electrons. The Balaban J connectivity index is 2.73. The van der Waals surface area contributed by atoms with Gasteiger partial charge in [0, 0.05) is 17.5 Å². The van der Waals surface area contributed by atoms with E-state index in [1.54, 1.807) is 11.8 Å². The molecule has 0 unspecified atom stereocenters. The van der Waals surface area contributed by atoms with Crippen LogP contribution in [0.5, 0.6) is 0 Å². The van der Waals surface area contributed by atoms with Crippen molar-refractivity contribution in [3.63, 3.8) is 0 Å². The van der Waals surface area contributed by atoms with E-state index < -0.39 is 10.0 Å². The summed E-state index contributed by atoms with van der Waals surface area (Å²) in [6.45, 7) is 4.59. The summed E-state index contributed by atoms with van der Waals surface area (Å²) in [6, 6.07) is 0. The number of sulfonamides is 1. The molecule has 0 aliphatic carbocycles. The summed E-state index contributed by atoms with van der Waals surface area (Å²) in [7, 11) is -3.44. The van der Waals surface area contributed by atoms with Gasteiger partial charge in [-0.15, -0.1) is 0 Å². The molecule has 0 amide bonds. The predicted octanol–water partition coefficient (Wildman–Crippen LogP) is 1.61. The maximum atomic E-state index is 11.9. The molecular weight excluding hydrogens is 258 g/mol. The van der Waals surface area contributed by atoms with Gasteiger partial charge in [0.2, 0.25) is 10.0 Å². The number of nitrogens with zero attached hydrogens (tertiary/aromatic N) is 1. The highest BCUT2D eigenvalue weighted by Crippen LogP contribution is 2.29. The number of hydrogen-bond acceptors (Lipinski definition) is 4. The van der Waals surface area contributed by atoms with Gasteiger partial charge in [-0.2, -0.15) is 16.9 Å². The third-order valence-corrected chi connectivity index (χ3v) is 6.05. The van der Waals surface area contributed by atoms with Crippen molar-refractivity contribution in [3.05, 3.63) is 12.4 Å². The molecule has 5 nitrogen and oxygen atoms in total. The molecule has 0 saturated carbocycles. The Kier molecular flexibility index (Phi) is 5.03. The molecule has 0 aliphatic heterocycles. The minimum Gasteiger partial charge on any atom is -0.284 e. The average molecular weight is 277 g/mol. The molecule has 2 N–H and O–H groups in total. The zero-order chi connectivity index (χ0) is 12.9. The van der Waals surface area contributed by atoms with E-state index in [-0.39, 0.29) is 9.64 Å². The van der Waals surface area contributed by atoms with Gasteiger partial charge in [0.25, 0.3) is 0 Å². The molecule has 0 atom stereocenters. The second-order valence-corrected chi connectivity index (χ2v) is 6.89. The lowest BCUT2D eigenvalue weighted by Gasteiger charge is -2.29. The molecule has 1 aromatic rings. The number of aromatic amines is 1. The Labute approximate surface area is 107 Å². The molecule has 1 rings (SSSR count). The second-order valence-electron chi connectivity index (χ2n) is 3.85. The Morgan fingerprint density at radius 1 is 1.47 bits per heavy atom. The van der Waals surface area contributed by atoms with Gasteiger partial charge in [-0.05, 0) is 19.1 Å². The van der Waals surface area contributed by atoms with Gasteiger partial charge in [0.1, 0.15) is 4.90 Å². The first kappa shape index (κ1) is 14.5. The van der Waals surface area contributed by atoms with Crippen LogP contribution < -0.4 is 4.72 Å². The quantitative estimate of drug-likeness (QED) is 0.794. The fraction of sp³-hybridized carbons (Fsp3) is 0.700. The van der Waals surface area contributed by atoms with E-state index in [4.69, 9.17) is 0 Å². The first-order valence-electron chi connectivity index (χ1n) is 5.53. The molecule has 0 aromatic carbocycles. The fourth-order valence-corrected chi connectivity index (χ4v) is 3.47. The van der Waals surface area contributed by atoms with Crippen LogP contribution in [-0.2, 0) is 10.0 Å². The molecule has 0 spiro atoms. The number of H-pyrrole nitrogens is 1. The van der Waals surface area contributed by atoms with Crippen molar-refractivity contribution in [2.24, 2.45) is 0 Å². The van der Waals surface area contributed by atoms with E-state index in [0.717, 1.165) is 12.8 Å². The summed E-state index contributed by atoms with van der Waals surface area (Å²) in [4.78, 5) is 0.180. The third-order valence-electron chi connectivity index (χ3n) is 3.09. The van der Waals surface area contributed by atoms with Crippen molar-refractivity contribution in [2.75, 3.05) is 12.8 Å². The maximum absolute atomic E-state index is 11.9. The van der Waals surface area contributed by atoms with Crippen LogP contribution >= 0.6 is 11.8 Å². The lowest BCUT2D eigenvalue weighted by atomic mass is 10.0. The van der Waals surface area contributed by atoms with Crippen LogP contribution in [0, 0.1) is 0 Å². The summed E-state index contributed by atoms with van der Waals surface area (Å²) >= 11 is 1.70. The van der Waals surface area contributed by atoms with Crippen molar-refractivity contribution >= 4 is 21.8 Å². The molecule has 0 saturated heterocycles. The van der Waals surface area contributed by atoms with Gasteiger partial charge in [-0.1, -0.05) is 13.8 Å². The number of hydrogen-bond donors (Lipinski definition) is 2. The van der Waals surface area contributed by atoms with Crippen molar-refractivity contribution in [3.8, 4) is 0 Å². The van der Waals surface area contributed by atoms with Crippen LogP contribution in [-0.4, -0.2) is 36.2 Å². The summed E-state index contributed by atoms with van der Waals surface area (Å²) < 4.78 is 26.4. The number of aromatic nitrogens is 2. The molecule has 17 heavy (non-hydrogen) atoms. The molecule has 0 radical (unpaired) electrons. The zero-order valence-corrected chi connectivity index (χ0v) is 12.0. The van der Waals surface area contributed by atoms with Crippen molar-refractivity contribution < 1.29 is 8.42 Å². The summed E-state index contributed by atoms with van der Waals surface area (Å²) in [5.74, 6) is 0. The third kappa shape index (κ3) is 3.46. The molecule has 0 aliphatic rings. The van der Waals surface area contributed by atoms with Gasteiger partial charge in [-0.25, -0.2) is 13.1 Å². The van der Waals surface area contributed by atoms with Gasteiger partial charge < -0.3 is 0 Å². The normalized spacial score (nSPS) is 12.9. The van der Waals surface area contributed by atoms with Gasteiger partial charge in [0.05, 0.1) is 6.20 Å². The fourth-order valence-electron chi connectivity index (χ4n) is 1.56. The molecule has 1 heterocycles. The summed E-state index contributed by atoms with van der Waals surface area (Å²) in [5.41, 5.74) is 0. The lowest BCUT2D eigenvalue weighted by molar-refractivity contribution is 0.522. The SMILES string of the molecule is CCC(CC)(CNS(=O)(=O)c1cn[nH]c1)SC. The zero-order valence-electron chi connectivity index (χ0n) is 10.4. The van der Waals surface area contributed by atoms with Crippen LogP contribution in [0.3, 0.4) is 0 Å². The standard InChI is InChI=1S/C10H19N3O2S2/c1-4-10(5-2,16-3)8-13-17(14,15)9-6-11-12-7-9/h6-7,13H,4-5,8H2,1-3H3,(H,11,12). The minimum absolute atomic E-state index is 0.0309. The average Bonchev–Trinajstić information content (AvgIpc) is 2.86. The summed E-state index contributed by atoms with van der Waals surface area (Å²) in [6.07, 6.45) is 6.55. The number of nitrogens with one attached hydrogen (secondary N) is 2. The highest BCUT2D eigenvalue weighted by atomic mass is 32.2. The van der Waals surface area contributed by atoms with E-state index in [9.17, 15) is 8.42 Å². The molecule has 0 bridgehead atoms. The van der Waals surface area contributed by atoms with Crippen LogP contribution in [0.2, 0.25) is 0 Å². The lowest BCUT2D eigenvalue weighted by Crippen LogP contribution is -2.39. The monoisotopic (exact) mass is 277 g/mol. The summed E-state index contributed by atoms with van der Waals surface area (Å²) in [5, 5.41) is 6.14. The van der Waals surface area contributed by atoms with E-state index in [1.807, 2.05) is 6.26 Å². The smallest absolute Gasteiger partial charge is 0.243 e. The van der Waals surface area contributed by atoms with Gasteiger partial charge >= 0.3 is 0 Å². The van der Waals surface area contributed by atoms with Crippen molar-refractivity contribution in [1.82, 2.24) is 14.9 Å². The Bertz CT molecular complexity index is 416. The Morgan fingerprint density at radius 3 is 2.53 bits per heavy atom. The molecule has 1 aromatic heterocycles. The van der Waals surface area contributed by atoms with E-state index in [2.05, 4.69) is 28.8 Å². The number of rotatable bonds is 7. The van der Waals surface area contributed by atoms with E-state index in [1.165, 1.54) is 12.4 Å². The van der Waals surface area contributed by atoms with Crippen molar-refractivity contribution in [1.29, 1.82) is 0 Å². The second kappa shape index (κ2) is 5.88.